The fourth-order valence-corrected chi connectivity index (χ4v) is 1.88. The Morgan fingerprint density at radius 3 is 2.80 bits per heavy atom. The van der Waals surface area contributed by atoms with Gasteiger partial charge in [-0.1, -0.05) is 17.7 Å². The first-order valence-electron chi connectivity index (χ1n) is 5.89. The molecule has 1 aromatic heterocycles. The molecule has 0 atom stereocenters. The van der Waals surface area contributed by atoms with Crippen LogP contribution in [0.5, 0.6) is 0 Å². The van der Waals surface area contributed by atoms with Crippen molar-refractivity contribution in [1.29, 1.82) is 0 Å². The predicted octanol–water partition coefficient (Wildman–Crippen LogP) is 2.41. The van der Waals surface area contributed by atoms with Gasteiger partial charge < -0.3 is 10.3 Å². The molecule has 0 bridgehead atoms. The first kappa shape index (κ1) is 14.3. The number of nitrogens with one attached hydrogen (secondary N) is 2. The van der Waals surface area contributed by atoms with Gasteiger partial charge in [0, 0.05) is 24.5 Å². The Balaban J connectivity index is 2.08. The smallest absolute Gasteiger partial charge is 0.257 e. The van der Waals surface area contributed by atoms with Gasteiger partial charge in [0.05, 0.1) is 5.02 Å². The van der Waals surface area contributed by atoms with Gasteiger partial charge >= 0.3 is 0 Å². The first-order chi connectivity index (χ1) is 9.47. The molecular weight excluding hydrogens is 283 g/mol. The van der Waals surface area contributed by atoms with E-state index >= 15 is 0 Å². The lowest BCUT2D eigenvalue weighted by atomic mass is 10.2. The van der Waals surface area contributed by atoms with Gasteiger partial charge in [-0.05, 0) is 24.6 Å². The Kier molecular flexibility index (Phi) is 4.20. The van der Waals surface area contributed by atoms with Gasteiger partial charge in [-0.25, -0.2) is 4.39 Å². The third kappa shape index (κ3) is 3.24. The molecular formula is C14H12ClFN2O2. The zero-order chi connectivity index (χ0) is 14.7. The number of benzene rings is 1. The predicted molar refractivity (Wildman–Crippen MR) is 74.4 cm³/mol. The zero-order valence-electron chi connectivity index (χ0n) is 10.7. The van der Waals surface area contributed by atoms with Crippen LogP contribution in [0.1, 0.15) is 21.6 Å². The van der Waals surface area contributed by atoms with Crippen LogP contribution in [0.15, 0.2) is 35.3 Å². The SMILES string of the molecule is Cc1cc(=O)c(C(=O)NCc2ccc(F)c(Cl)c2)c[nH]1. The molecule has 1 amide bonds. The summed E-state index contributed by atoms with van der Waals surface area (Å²) in [5, 5.41) is 2.57. The van der Waals surface area contributed by atoms with E-state index in [2.05, 4.69) is 10.3 Å². The molecule has 1 heterocycles. The van der Waals surface area contributed by atoms with E-state index < -0.39 is 11.7 Å². The van der Waals surface area contributed by atoms with Crippen LogP contribution < -0.4 is 10.7 Å². The number of halogens is 2. The minimum atomic E-state index is -0.517. The summed E-state index contributed by atoms with van der Waals surface area (Å²) in [6.45, 7) is 1.88. The summed E-state index contributed by atoms with van der Waals surface area (Å²) in [4.78, 5) is 26.3. The summed E-state index contributed by atoms with van der Waals surface area (Å²) in [6.07, 6.45) is 1.37. The molecule has 1 aromatic carbocycles. The second-order valence-electron chi connectivity index (χ2n) is 4.33. The van der Waals surface area contributed by atoms with Crippen molar-refractivity contribution in [2.24, 2.45) is 0 Å². The lowest BCUT2D eigenvalue weighted by Gasteiger charge is -2.06. The van der Waals surface area contributed by atoms with Crippen molar-refractivity contribution in [2.45, 2.75) is 13.5 Å². The van der Waals surface area contributed by atoms with Crippen molar-refractivity contribution in [3.8, 4) is 0 Å². The highest BCUT2D eigenvalue weighted by atomic mass is 35.5. The molecule has 0 fully saturated rings. The van der Waals surface area contributed by atoms with Gasteiger partial charge in [0.25, 0.3) is 5.91 Å². The van der Waals surface area contributed by atoms with Crippen molar-refractivity contribution >= 4 is 17.5 Å². The molecule has 2 N–H and O–H groups in total. The number of carbonyl (C=O) groups is 1. The van der Waals surface area contributed by atoms with Gasteiger partial charge in [0.15, 0.2) is 5.43 Å². The highest BCUT2D eigenvalue weighted by Crippen LogP contribution is 2.15. The zero-order valence-corrected chi connectivity index (χ0v) is 11.4. The minimum Gasteiger partial charge on any atom is -0.364 e. The molecule has 0 unspecified atom stereocenters. The van der Waals surface area contributed by atoms with Crippen LogP contribution in [0.3, 0.4) is 0 Å². The molecule has 0 aliphatic rings. The molecule has 0 spiro atoms. The Morgan fingerprint density at radius 2 is 2.15 bits per heavy atom. The van der Waals surface area contributed by atoms with Crippen molar-refractivity contribution in [1.82, 2.24) is 10.3 Å². The monoisotopic (exact) mass is 294 g/mol. The topological polar surface area (TPSA) is 62.0 Å². The Hall–Kier alpha value is -2.14. The number of amides is 1. The molecule has 20 heavy (non-hydrogen) atoms. The number of H-pyrrole nitrogens is 1. The third-order valence-electron chi connectivity index (χ3n) is 2.74. The van der Waals surface area contributed by atoms with Crippen molar-refractivity contribution in [2.75, 3.05) is 0 Å². The second-order valence-corrected chi connectivity index (χ2v) is 4.73. The van der Waals surface area contributed by atoms with E-state index in [0.717, 1.165) is 0 Å². The minimum absolute atomic E-state index is 0.00932. The summed E-state index contributed by atoms with van der Waals surface area (Å²) in [5.74, 6) is -1.01. The van der Waals surface area contributed by atoms with Gasteiger partial charge in [-0.3, -0.25) is 9.59 Å². The van der Waals surface area contributed by atoms with E-state index in [1.807, 2.05) is 0 Å². The molecule has 4 nitrogen and oxygen atoms in total. The molecule has 0 saturated heterocycles. The lowest BCUT2D eigenvalue weighted by molar-refractivity contribution is 0.0949. The summed E-state index contributed by atoms with van der Waals surface area (Å²) in [6, 6.07) is 5.52. The Bertz CT molecular complexity index is 713. The average Bonchev–Trinajstić information content (AvgIpc) is 2.40. The number of pyridine rings is 1. The summed E-state index contributed by atoms with van der Waals surface area (Å²) < 4.78 is 13.0. The molecule has 0 radical (unpaired) electrons. The molecule has 104 valence electrons. The fraction of sp³-hybridized carbons (Fsp3) is 0.143. The van der Waals surface area contributed by atoms with Crippen molar-refractivity contribution in [3.63, 3.8) is 0 Å². The molecule has 2 rings (SSSR count). The van der Waals surface area contributed by atoms with Crippen molar-refractivity contribution < 1.29 is 9.18 Å². The number of aryl methyl sites for hydroxylation is 1. The number of carbonyl (C=O) groups excluding carboxylic acids is 1. The van der Waals surface area contributed by atoms with Crippen LogP contribution in [-0.4, -0.2) is 10.9 Å². The van der Waals surface area contributed by atoms with E-state index in [1.54, 1.807) is 6.92 Å². The van der Waals surface area contributed by atoms with Crippen LogP contribution in [-0.2, 0) is 6.54 Å². The van der Waals surface area contributed by atoms with Crippen molar-refractivity contribution in [3.05, 3.63) is 68.3 Å². The Morgan fingerprint density at radius 1 is 1.40 bits per heavy atom. The standard InChI is InChI=1S/C14H12ClFN2O2/c1-8-4-13(19)10(7-17-8)14(20)18-6-9-2-3-12(16)11(15)5-9/h2-5,7H,6H2,1H3,(H,17,19)(H,18,20). The molecule has 2 aromatic rings. The fourth-order valence-electron chi connectivity index (χ4n) is 1.68. The Labute approximate surface area is 119 Å². The number of aromatic nitrogens is 1. The van der Waals surface area contributed by atoms with E-state index in [0.29, 0.717) is 11.3 Å². The largest absolute Gasteiger partial charge is 0.364 e. The van der Waals surface area contributed by atoms with Gasteiger partial charge in [-0.2, -0.15) is 0 Å². The maximum absolute atomic E-state index is 13.0. The summed E-state index contributed by atoms with van der Waals surface area (Å²) >= 11 is 5.65. The first-order valence-corrected chi connectivity index (χ1v) is 6.26. The quantitative estimate of drug-likeness (QED) is 0.913. The van der Waals surface area contributed by atoms with Gasteiger partial charge in [0.2, 0.25) is 0 Å². The maximum Gasteiger partial charge on any atom is 0.257 e. The van der Waals surface area contributed by atoms with Crippen LogP contribution in [0.25, 0.3) is 0 Å². The molecule has 0 aliphatic carbocycles. The normalized spacial score (nSPS) is 10.3. The van der Waals surface area contributed by atoms with E-state index in [1.165, 1.54) is 30.5 Å². The third-order valence-corrected chi connectivity index (χ3v) is 3.03. The number of hydrogen-bond acceptors (Lipinski definition) is 2. The highest BCUT2D eigenvalue weighted by molar-refractivity contribution is 6.30. The van der Waals surface area contributed by atoms with Crippen LogP contribution in [0.2, 0.25) is 5.02 Å². The molecule has 6 heteroatoms. The van der Waals surface area contributed by atoms with E-state index in [-0.39, 0.29) is 22.6 Å². The van der Waals surface area contributed by atoms with Crippen LogP contribution in [0, 0.1) is 12.7 Å². The summed E-state index contributed by atoms with van der Waals surface area (Å²) in [7, 11) is 0. The average molecular weight is 295 g/mol. The summed E-state index contributed by atoms with van der Waals surface area (Å²) in [5.41, 5.74) is 1.00. The van der Waals surface area contributed by atoms with Gasteiger partial charge in [-0.15, -0.1) is 0 Å². The number of hydrogen-bond donors (Lipinski definition) is 2. The number of rotatable bonds is 3. The number of aromatic amines is 1. The highest BCUT2D eigenvalue weighted by Gasteiger charge is 2.10. The second kappa shape index (κ2) is 5.88. The van der Waals surface area contributed by atoms with E-state index in [4.69, 9.17) is 11.6 Å². The van der Waals surface area contributed by atoms with Gasteiger partial charge in [0.1, 0.15) is 11.4 Å². The lowest BCUT2D eigenvalue weighted by Crippen LogP contribution is -2.28. The van der Waals surface area contributed by atoms with Crippen LogP contribution in [0.4, 0.5) is 4.39 Å². The maximum atomic E-state index is 13.0. The van der Waals surface area contributed by atoms with Crippen LogP contribution >= 0.6 is 11.6 Å². The molecule has 0 saturated carbocycles. The van der Waals surface area contributed by atoms with E-state index in [9.17, 15) is 14.0 Å². The molecule has 0 aliphatic heterocycles.